The van der Waals surface area contributed by atoms with Gasteiger partial charge in [-0.25, -0.2) is 4.39 Å². The summed E-state index contributed by atoms with van der Waals surface area (Å²) in [6.07, 6.45) is 0.787. The summed E-state index contributed by atoms with van der Waals surface area (Å²) in [5, 5.41) is 0. The molecule has 3 heteroatoms. The molecular formula is C13H18FNO. The lowest BCUT2D eigenvalue weighted by molar-refractivity contribution is 0.316. The number of halogens is 1. The summed E-state index contributed by atoms with van der Waals surface area (Å²) in [4.78, 5) is 0. The molecule has 0 aromatic heterocycles. The van der Waals surface area contributed by atoms with Crippen LogP contribution in [0.1, 0.15) is 31.9 Å². The largest absolute Gasteiger partial charge is 0.493 e. The second-order valence-corrected chi connectivity index (χ2v) is 4.03. The van der Waals surface area contributed by atoms with E-state index in [1.807, 2.05) is 6.92 Å². The maximum Gasteiger partial charge on any atom is 0.124 e. The van der Waals surface area contributed by atoms with Crippen LogP contribution in [0.5, 0.6) is 5.75 Å². The molecule has 88 valence electrons. The summed E-state index contributed by atoms with van der Waals surface area (Å²) in [5.41, 5.74) is 7.51. The Hall–Kier alpha value is -1.35. The highest BCUT2D eigenvalue weighted by Crippen LogP contribution is 2.24. The van der Waals surface area contributed by atoms with Crippen molar-refractivity contribution in [3.8, 4) is 5.75 Å². The fourth-order valence-corrected chi connectivity index (χ4v) is 1.34. The van der Waals surface area contributed by atoms with Gasteiger partial charge in [-0.1, -0.05) is 5.57 Å². The van der Waals surface area contributed by atoms with Gasteiger partial charge >= 0.3 is 0 Å². The third-order valence-corrected chi connectivity index (χ3v) is 2.25. The number of ether oxygens (including phenoxy) is 1. The first-order chi connectivity index (χ1) is 7.50. The molecule has 2 nitrogen and oxygen atoms in total. The van der Waals surface area contributed by atoms with Crippen molar-refractivity contribution in [3.63, 3.8) is 0 Å². The summed E-state index contributed by atoms with van der Waals surface area (Å²) in [6.45, 7) is 8.09. The molecule has 0 spiro atoms. The number of nitrogens with two attached hydrogens (primary N) is 1. The molecule has 0 radical (unpaired) electrons. The zero-order chi connectivity index (χ0) is 12.1. The van der Waals surface area contributed by atoms with E-state index in [-0.39, 0.29) is 11.9 Å². The van der Waals surface area contributed by atoms with Gasteiger partial charge in [0.15, 0.2) is 0 Å². The molecule has 1 aromatic rings. The standard InChI is InChI=1S/C13H18FNO/c1-9(2)6-7-16-13-5-4-11(14)8-12(13)10(3)15/h4-5,8,10H,1,6-7,15H2,2-3H3/t10-/m0/s1. The second kappa shape index (κ2) is 5.66. The average Bonchev–Trinajstić information content (AvgIpc) is 2.19. The van der Waals surface area contributed by atoms with Crippen molar-refractivity contribution in [2.24, 2.45) is 5.73 Å². The Morgan fingerprint density at radius 2 is 2.25 bits per heavy atom. The van der Waals surface area contributed by atoms with E-state index in [4.69, 9.17) is 10.5 Å². The van der Waals surface area contributed by atoms with Crippen LogP contribution in [0.4, 0.5) is 4.39 Å². The van der Waals surface area contributed by atoms with Crippen LogP contribution in [0.25, 0.3) is 0 Å². The highest BCUT2D eigenvalue weighted by molar-refractivity contribution is 5.36. The topological polar surface area (TPSA) is 35.2 Å². The molecule has 0 unspecified atom stereocenters. The fourth-order valence-electron chi connectivity index (χ4n) is 1.34. The minimum absolute atomic E-state index is 0.240. The van der Waals surface area contributed by atoms with Crippen molar-refractivity contribution in [1.29, 1.82) is 0 Å². The highest BCUT2D eigenvalue weighted by Gasteiger charge is 2.09. The summed E-state index contributed by atoms with van der Waals surface area (Å²) in [5.74, 6) is 0.359. The van der Waals surface area contributed by atoms with E-state index >= 15 is 0 Å². The van der Waals surface area contributed by atoms with Gasteiger partial charge in [0.25, 0.3) is 0 Å². The summed E-state index contributed by atoms with van der Waals surface area (Å²) < 4.78 is 18.6. The van der Waals surface area contributed by atoms with Gasteiger partial charge in [0.05, 0.1) is 6.61 Å². The van der Waals surface area contributed by atoms with Gasteiger partial charge in [0.1, 0.15) is 11.6 Å². The van der Waals surface area contributed by atoms with Crippen LogP contribution >= 0.6 is 0 Å². The first-order valence-electron chi connectivity index (χ1n) is 5.33. The first-order valence-corrected chi connectivity index (χ1v) is 5.33. The van der Waals surface area contributed by atoms with E-state index in [9.17, 15) is 4.39 Å². The average molecular weight is 223 g/mol. The van der Waals surface area contributed by atoms with E-state index in [0.717, 1.165) is 12.0 Å². The minimum Gasteiger partial charge on any atom is -0.493 e. The van der Waals surface area contributed by atoms with E-state index in [0.29, 0.717) is 17.9 Å². The zero-order valence-corrected chi connectivity index (χ0v) is 9.79. The molecule has 0 aliphatic carbocycles. The molecule has 0 bridgehead atoms. The number of hydrogen-bond acceptors (Lipinski definition) is 2. The Bertz CT molecular complexity index is 374. The summed E-state index contributed by atoms with van der Waals surface area (Å²) >= 11 is 0. The van der Waals surface area contributed by atoms with Crippen molar-refractivity contribution < 1.29 is 9.13 Å². The van der Waals surface area contributed by atoms with Gasteiger partial charge in [0, 0.05) is 18.0 Å². The highest BCUT2D eigenvalue weighted by atomic mass is 19.1. The maximum atomic E-state index is 13.0. The molecule has 0 saturated carbocycles. The maximum absolute atomic E-state index is 13.0. The lowest BCUT2D eigenvalue weighted by Crippen LogP contribution is -2.09. The second-order valence-electron chi connectivity index (χ2n) is 4.03. The van der Waals surface area contributed by atoms with Crippen LogP contribution in [0, 0.1) is 5.82 Å². The molecule has 0 aliphatic heterocycles. The third kappa shape index (κ3) is 3.66. The van der Waals surface area contributed by atoms with Gasteiger partial charge in [-0.15, -0.1) is 6.58 Å². The normalized spacial score (nSPS) is 12.2. The molecule has 0 saturated heterocycles. The molecule has 0 amide bonds. The monoisotopic (exact) mass is 223 g/mol. The van der Waals surface area contributed by atoms with Crippen LogP contribution in [0.3, 0.4) is 0 Å². The quantitative estimate of drug-likeness (QED) is 0.778. The van der Waals surface area contributed by atoms with Gasteiger partial charge in [-0.05, 0) is 32.0 Å². The third-order valence-electron chi connectivity index (χ3n) is 2.25. The van der Waals surface area contributed by atoms with Crippen molar-refractivity contribution in [3.05, 3.63) is 41.7 Å². The van der Waals surface area contributed by atoms with E-state index in [1.54, 1.807) is 13.0 Å². The lowest BCUT2D eigenvalue weighted by Gasteiger charge is -2.14. The van der Waals surface area contributed by atoms with E-state index < -0.39 is 0 Å². The molecule has 16 heavy (non-hydrogen) atoms. The van der Waals surface area contributed by atoms with Crippen LogP contribution in [0.15, 0.2) is 30.4 Å². The minimum atomic E-state index is -0.292. The Morgan fingerprint density at radius 1 is 1.56 bits per heavy atom. The van der Waals surface area contributed by atoms with Gasteiger partial charge < -0.3 is 10.5 Å². The molecule has 1 atom stereocenters. The molecule has 1 aromatic carbocycles. The Labute approximate surface area is 95.9 Å². The number of benzene rings is 1. The molecular weight excluding hydrogens is 205 g/mol. The SMILES string of the molecule is C=C(C)CCOc1ccc(F)cc1[C@H](C)N. The van der Waals surface area contributed by atoms with Crippen molar-refractivity contribution in [2.75, 3.05) is 6.61 Å². The molecule has 0 fully saturated rings. The van der Waals surface area contributed by atoms with Crippen LogP contribution in [-0.2, 0) is 0 Å². The van der Waals surface area contributed by atoms with Gasteiger partial charge in [-0.2, -0.15) is 0 Å². The van der Waals surface area contributed by atoms with Crippen molar-refractivity contribution in [1.82, 2.24) is 0 Å². The first kappa shape index (κ1) is 12.7. The van der Waals surface area contributed by atoms with Crippen molar-refractivity contribution in [2.45, 2.75) is 26.3 Å². The lowest BCUT2D eigenvalue weighted by atomic mass is 10.1. The summed E-state index contributed by atoms with van der Waals surface area (Å²) in [6, 6.07) is 4.17. The summed E-state index contributed by atoms with van der Waals surface area (Å²) in [7, 11) is 0. The van der Waals surface area contributed by atoms with Crippen LogP contribution in [-0.4, -0.2) is 6.61 Å². The van der Waals surface area contributed by atoms with Gasteiger partial charge in [0.2, 0.25) is 0 Å². The van der Waals surface area contributed by atoms with E-state index in [1.165, 1.54) is 12.1 Å². The number of hydrogen-bond donors (Lipinski definition) is 1. The smallest absolute Gasteiger partial charge is 0.124 e. The molecule has 1 rings (SSSR count). The Kier molecular flexibility index (Phi) is 4.50. The Balaban J connectivity index is 2.74. The molecule has 0 aliphatic rings. The number of rotatable bonds is 5. The molecule has 0 heterocycles. The predicted octanol–water partition coefficient (Wildman–Crippen LogP) is 3.19. The predicted molar refractivity (Wildman–Crippen MR) is 63.9 cm³/mol. The van der Waals surface area contributed by atoms with Crippen LogP contribution < -0.4 is 10.5 Å². The van der Waals surface area contributed by atoms with Crippen LogP contribution in [0.2, 0.25) is 0 Å². The van der Waals surface area contributed by atoms with Gasteiger partial charge in [-0.3, -0.25) is 0 Å². The molecule has 2 N–H and O–H groups in total. The van der Waals surface area contributed by atoms with Crippen molar-refractivity contribution >= 4 is 0 Å². The fraction of sp³-hybridized carbons (Fsp3) is 0.385. The Morgan fingerprint density at radius 3 is 2.81 bits per heavy atom. The van der Waals surface area contributed by atoms with E-state index in [2.05, 4.69) is 6.58 Å². The zero-order valence-electron chi connectivity index (χ0n) is 9.79.